The Morgan fingerprint density at radius 3 is 2.17 bits per heavy atom. The SMILES string of the molecule is O=C(O)CC(NCc1ccccc1)C12CC3CC(CC(C3)C1)C2. The molecule has 4 bridgehead atoms. The Balaban J connectivity index is 1.52. The van der Waals surface area contributed by atoms with Gasteiger partial charge in [0.15, 0.2) is 0 Å². The minimum atomic E-state index is -0.661. The summed E-state index contributed by atoms with van der Waals surface area (Å²) >= 11 is 0. The second-order valence-electron chi connectivity index (χ2n) is 8.30. The van der Waals surface area contributed by atoms with E-state index in [0.717, 1.165) is 24.3 Å². The van der Waals surface area contributed by atoms with Crippen molar-refractivity contribution in [3.05, 3.63) is 35.9 Å². The Morgan fingerprint density at radius 1 is 1.09 bits per heavy atom. The maximum absolute atomic E-state index is 11.5. The van der Waals surface area contributed by atoms with Crippen molar-refractivity contribution in [2.75, 3.05) is 0 Å². The van der Waals surface area contributed by atoms with Crippen LogP contribution in [0.5, 0.6) is 0 Å². The summed E-state index contributed by atoms with van der Waals surface area (Å²) in [5, 5.41) is 13.1. The molecular formula is C20H27NO2. The molecule has 4 aliphatic carbocycles. The van der Waals surface area contributed by atoms with Crippen LogP contribution in [-0.4, -0.2) is 17.1 Å². The first-order valence-electron chi connectivity index (χ1n) is 9.12. The summed E-state index contributed by atoms with van der Waals surface area (Å²) in [5.74, 6) is 1.91. The molecule has 0 radical (unpaired) electrons. The predicted octanol–water partition coefficient (Wildman–Crippen LogP) is 3.84. The van der Waals surface area contributed by atoms with Gasteiger partial charge in [0, 0.05) is 12.6 Å². The van der Waals surface area contributed by atoms with Crippen molar-refractivity contribution in [2.45, 2.75) is 57.5 Å². The summed E-state index contributed by atoms with van der Waals surface area (Å²) in [6.07, 6.45) is 8.21. The van der Waals surface area contributed by atoms with Gasteiger partial charge in [-0.05, 0) is 67.3 Å². The van der Waals surface area contributed by atoms with E-state index in [1.807, 2.05) is 18.2 Å². The van der Waals surface area contributed by atoms with E-state index in [1.54, 1.807) is 0 Å². The lowest BCUT2D eigenvalue weighted by atomic mass is 9.47. The van der Waals surface area contributed by atoms with Crippen LogP contribution in [0.2, 0.25) is 0 Å². The van der Waals surface area contributed by atoms with Gasteiger partial charge in [0.2, 0.25) is 0 Å². The second kappa shape index (κ2) is 5.94. The van der Waals surface area contributed by atoms with Crippen molar-refractivity contribution >= 4 is 5.97 Å². The largest absolute Gasteiger partial charge is 0.481 e. The van der Waals surface area contributed by atoms with Crippen molar-refractivity contribution in [3.8, 4) is 0 Å². The molecule has 3 nitrogen and oxygen atoms in total. The Morgan fingerprint density at radius 2 is 1.65 bits per heavy atom. The number of nitrogens with one attached hydrogen (secondary N) is 1. The van der Waals surface area contributed by atoms with E-state index < -0.39 is 5.97 Å². The van der Waals surface area contributed by atoms with Crippen molar-refractivity contribution in [2.24, 2.45) is 23.2 Å². The molecule has 4 fully saturated rings. The van der Waals surface area contributed by atoms with Gasteiger partial charge in [0.1, 0.15) is 0 Å². The molecule has 1 aromatic carbocycles. The van der Waals surface area contributed by atoms with Crippen LogP contribution in [0.15, 0.2) is 30.3 Å². The summed E-state index contributed by atoms with van der Waals surface area (Å²) in [4.78, 5) is 11.5. The fourth-order valence-corrected chi connectivity index (χ4v) is 6.12. The summed E-state index contributed by atoms with van der Waals surface area (Å²) < 4.78 is 0. The molecule has 0 aromatic heterocycles. The average Bonchev–Trinajstić information content (AvgIpc) is 2.50. The maximum Gasteiger partial charge on any atom is 0.304 e. The molecule has 0 aliphatic heterocycles. The minimum absolute atomic E-state index is 0.119. The van der Waals surface area contributed by atoms with Gasteiger partial charge >= 0.3 is 5.97 Å². The molecule has 23 heavy (non-hydrogen) atoms. The Kier molecular flexibility index (Phi) is 3.92. The number of hydrogen-bond acceptors (Lipinski definition) is 2. The average molecular weight is 313 g/mol. The van der Waals surface area contributed by atoms with E-state index in [0.29, 0.717) is 0 Å². The molecule has 0 heterocycles. The molecule has 124 valence electrons. The highest BCUT2D eigenvalue weighted by molar-refractivity contribution is 5.67. The Hall–Kier alpha value is -1.35. The zero-order chi connectivity index (χ0) is 15.9. The summed E-state index contributed by atoms with van der Waals surface area (Å²) in [6, 6.07) is 10.5. The first kappa shape index (κ1) is 15.2. The number of carboxylic acids is 1. The van der Waals surface area contributed by atoms with Crippen LogP contribution in [0.1, 0.15) is 50.5 Å². The minimum Gasteiger partial charge on any atom is -0.481 e. The van der Waals surface area contributed by atoms with Gasteiger partial charge in [-0.3, -0.25) is 4.79 Å². The number of carboxylic acid groups (broad SMARTS) is 1. The molecule has 4 aliphatic rings. The van der Waals surface area contributed by atoms with E-state index >= 15 is 0 Å². The maximum atomic E-state index is 11.5. The number of rotatable bonds is 6. The molecular weight excluding hydrogens is 286 g/mol. The molecule has 2 N–H and O–H groups in total. The lowest BCUT2D eigenvalue weighted by Crippen LogP contribution is -2.56. The quantitative estimate of drug-likeness (QED) is 0.839. The van der Waals surface area contributed by atoms with Gasteiger partial charge in [-0.2, -0.15) is 0 Å². The van der Waals surface area contributed by atoms with Gasteiger partial charge in [0.05, 0.1) is 6.42 Å². The summed E-state index contributed by atoms with van der Waals surface area (Å²) in [7, 11) is 0. The lowest BCUT2D eigenvalue weighted by Gasteiger charge is -2.59. The predicted molar refractivity (Wildman–Crippen MR) is 89.9 cm³/mol. The third kappa shape index (κ3) is 3.03. The molecule has 1 aromatic rings. The van der Waals surface area contributed by atoms with Crippen molar-refractivity contribution in [1.29, 1.82) is 0 Å². The van der Waals surface area contributed by atoms with Crippen LogP contribution in [0.4, 0.5) is 0 Å². The van der Waals surface area contributed by atoms with Crippen LogP contribution < -0.4 is 5.32 Å². The molecule has 5 rings (SSSR count). The van der Waals surface area contributed by atoms with E-state index in [-0.39, 0.29) is 17.9 Å². The fraction of sp³-hybridized carbons (Fsp3) is 0.650. The fourth-order valence-electron chi connectivity index (χ4n) is 6.12. The van der Waals surface area contributed by atoms with E-state index in [9.17, 15) is 9.90 Å². The van der Waals surface area contributed by atoms with Gasteiger partial charge in [-0.15, -0.1) is 0 Å². The van der Waals surface area contributed by atoms with E-state index in [4.69, 9.17) is 0 Å². The molecule has 3 heteroatoms. The van der Waals surface area contributed by atoms with Gasteiger partial charge in [0.25, 0.3) is 0 Å². The first-order chi connectivity index (χ1) is 11.1. The standard InChI is InChI=1S/C20H27NO2/c22-19(23)9-18(21-13-14-4-2-1-3-5-14)20-10-15-6-16(11-20)8-17(7-15)12-20/h1-5,15-18,21H,6-13H2,(H,22,23). The number of aliphatic carboxylic acids is 1. The molecule has 0 amide bonds. The highest BCUT2D eigenvalue weighted by Gasteiger charge is 2.54. The third-order valence-electron chi connectivity index (χ3n) is 6.60. The molecule has 1 unspecified atom stereocenters. The number of benzene rings is 1. The molecule has 1 atom stereocenters. The van der Waals surface area contributed by atoms with Crippen molar-refractivity contribution in [3.63, 3.8) is 0 Å². The Bertz CT molecular complexity index is 533. The van der Waals surface area contributed by atoms with Crippen molar-refractivity contribution in [1.82, 2.24) is 5.32 Å². The lowest BCUT2D eigenvalue weighted by molar-refractivity contribution is -0.141. The van der Waals surface area contributed by atoms with Gasteiger partial charge in [-0.25, -0.2) is 0 Å². The zero-order valence-corrected chi connectivity index (χ0v) is 13.7. The summed E-state index contributed by atoms with van der Waals surface area (Å²) in [6.45, 7) is 0.778. The molecule has 4 saturated carbocycles. The van der Waals surface area contributed by atoms with Crippen LogP contribution in [0.3, 0.4) is 0 Å². The third-order valence-corrected chi connectivity index (χ3v) is 6.60. The van der Waals surface area contributed by atoms with Crippen molar-refractivity contribution < 1.29 is 9.90 Å². The second-order valence-corrected chi connectivity index (χ2v) is 8.30. The first-order valence-corrected chi connectivity index (χ1v) is 9.12. The zero-order valence-electron chi connectivity index (χ0n) is 13.7. The van der Waals surface area contributed by atoms with Crippen LogP contribution in [0.25, 0.3) is 0 Å². The van der Waals surface area contributed by atoms with E-state index in [2.05, 4.69) is 17.4 Å². The monoisotopic (exact) mass is 313 g/mol. The van der Waals surface area contributed by atoms with Gasteiger partial charge in [-0.1, -0.05) is 30.3 Å². The van der Waals surface area contributed by atoms with E-state index in [1.165, 1.54) is 44.1 Å². The van der Waals surface area contributed by atoms with Crippen LogP contribution in [0, 0.1) is 23.2 Å². The molecule has 0 saturated heterocycles. The number of hydrogen-bond donors (Lipinski definition) is 2. The molecule has 0 spiro atoms. The highest BCUT2D eigenvalue weighted by atomic mass is 16.4. The summed E-state index contributed by atoms with van der Waals surface area (Å²) in [5.41, 5.74) is 1.48. The normalized spacial score (nSPS) is 36.1. The van der Waals surface area contributed by atoms with Gasteiger partial charge < -0.3 is 10.4 Å². The van der Waals surface area contributed by atoms with Crippen LogP contribution in [-0.2, 0) is 11.3 Å². The van der Waals surface area contributed by atoms with Crippen LogP contribution >= 0.6 is 0 Å². The smallest absolute Gasteiger partial charge is 0.304 e. The Labute approximate surface area is 138 Å². The topological polar surface area (TPSA) is 49.3 Å². The highest BCUT2D eigenvalue weighted by Crippen LogP contribution is 2.61. The number of carbonyl (C=O) groups is 1.